The van der Waals surface area contributed by atoms with E-state index in [0.29, 0.717) is 11.7 Å². The first-order valence-electron chi connectivity index (χ1n) is 7.34. The minimum absolute atomic E-state index is 0.0367. The second-order valence-electron chi connectivity index (χ2n) is 5.20. The number of hydrogen-bond donors (Lipinski definition) is 3. The van der Waals surface area contributed by atoms with Gasteiger partial charge in [0.1, 0.15) is 11.4 Å². The van der Waals surface area contributed by atoms with Crippen LogP contribution in [0.4, 0.5) is 5.69 Å². The van der Waals surface area contributed by atoms with Crippen LogP contribution in [0.2, 0.25) is 0 Å². The molecule has 23 heavy (non-hydrogen) atoms. The van der Waals surface area contributed by atoms with E-state index in [1.54, 1.807) is 0 Å². The Balaban J connectivity index is 1.91. The first kappa shape index (κ1) is 16.5. The lowest BCUT2D eigenvalue weighted by Gasteiger charge is -2.10. The Morgan fingerprint density at radius 1 is 1.26 bits per heavy atom. The maximum Gasteiger partial charge on any atom is 0.325 e. The summed E-state index contributed by atoms with van der Waals surface area (Å²) in [4.78, 5) is 38.4. The van der Waals surface area contributed by atoms with Crippen molar-refractivity contribution in [1.29, 1.82) is 0 Å². The van der Waals surface area contributed by atoms with Crippen molar-refractivity contribution in [3.8, 4) is 5.75 Å². The molecule has 7 heteroatoms. The van der Waals surface area contributed by atoms with Crippen LogP contribution < -0.4 is 21.3 Å². The van der Waals surface area contributed by atoms with Gasteiger partial charge in [-0.05, 0) is 30.0 Å². The van der Waals surface area contributed by atoms with Crippen LogP contribution >= 0.6 is 0 Å². The van der Waals surface area contributed by atoms with Crippen molar-refractivity contribution < 1.29 is 9.53 Å². The first-order valence-corrected chi connectivity index (χ1v) is 7.34. The summed E-state index contributed by atoms with van der Waals surface area (Å²) in [7, 11) is 0. The Morgan fingerprint density at radius 2 is 1.96 bits per heavy atom. The van der Waals surface area contributed by atoms with Gasteiger partial charge in [0, 0.05) is 6.20 Å². The van der Waals surface area contributed by atoms with Gasteiger partial charge in [0.15, 0.2) is 6.61 Å². The van der Waals surface area contributed by atoms with Crippen LogP contribution in [0.5, 0.6) is 5.75 Å². The van der Waals surface area contributed by atoms with E-state index in [-0.39, 0.29) is 12.3 Å². The smallest absolute Gasteiger partial charge is 0.325 e. The van der Waals surface area contributed by atoms with Gasteiger partial charge in [-0.1, -0.05) is 26.0 Å². The molecule has 1 atom stereocenters. The maximum absolute atomic E-state index is 11.8. The molecule has 1 aromatic carbocycles. The average Bonchev–Trinajstić information content (AvgIpc) is 2.55. The normalized spacial score (nSPS) is 11.7. The third kappa shape index (κ3) is 4.57. The molecule has 7 nitrogen and oxygen atoms in total. The highest BCUT2D eigenvalue weighted by Gasteiger charge is 2.08. The molecular weight excluding hydrogens is 298 g/mol. The van der Waals surface area contributed by atoms with Crippen molar-refractivity contribution in [3.05, 3.63) is 56.9 Å². The molecule has 0 aliphatic rings. The van der Waals surface area contributed by atoms with E-state index in [4.69, 9.17) is 4.74 Å². The zero-order chi connectivity index (χ0) is 16.8. The molecule has 0 aliphatic carbocycles. The van der Waals surface area contributed by atoms with Gasteiger partial charge in [0.2, 0.25) is 0 Å². The number of carbonyl (C=O) groups excluding carboxylic acids is 1. The summed E-state index contributed by atoms with van der Waals surface area (Å²) in [5, 5.41) is 2.37. The number of ether oxygens (including phenoxy) is 1. The van der Waals surface area contributed by atoms with Crippen molar-refractivity contribution >= 4 is 11.6 Å². The molecule has 2 aromatic rings. The van der Waals surface area contributed by atoms with E-state index in [0.717, 1.165) is 12.6 Å². The quantitative estimate of drug-likeness (QED) is 0.752. The van der Waals surface area contributed by atoms with Crippen molar-refractivity contribution in [2.24, 2.45) is 0 Å². The Labute approximate surface area is 132 Å². The fraction of sp³-hybridized carbons (Fsp3) is 0.312. The SMILES string of the molecule is CCC(C)c1ccc(OCC(=O)Nc2c[nH]c(=O)[nH]c2=O)cc1. The molecule has 0 aliphatic heterocycles. The number of hydrogen-bond acceptors (Lipinski definition) is 4. The third-order valence-electron chi connectivity index (χ3n) is 3.52. The number of carbonyl (C=O) groups is 1. The fourth-order valence-corrected chi connectivity index (χ4v) is 1.97. The van der Waals surface area contributed by atoms with Crippen LogP contribution in [-0.4, -0.2) is 22.5 Å². The maximum atomic E-state index is 11.8. The number of anilines is 1. The molecule has 0 saturated heterocycles. The molecule has 0 radical (unpaired) electrons. The topological polar surface area (TPSA) is 104 Å². The summed E-state index contributed by atoms with van der Waals surface area (Å²) in [6, 6.07) is 7.55. The van der Waals surface area contributed by atoms with Crippen molar-refractivity contribution in [2.45, 2.75) is 26.2 Å². The lowest BCUT2D eigenvalue weighted by molar-refractivity contribution is -0.118. The van der Waals surface area contributed by atoms with E-state index >= 15 is 0 Å². The lowest BCUT2D eigenvalue weighted by Crippen LogP contribution is -2.28. The Morgan fingerprint density at radius 3 is 2.57 bits per heavy atom. The number of nitrogens with one attached hydrogen (secondary N) is 3. The predicted octanol–water partition coefficient (Wildman–Crippen LogP) is 1.59. The van der Waals surface area contributed by atoms with Gasteiger partial charge in [-0.3, -0.25) is 14.6 Å². The number of benzene rings is 1. The Kier molecular flexibility index (Phi) is 5.35. The van der Waals surface area contributed by atoms with Crippen molar-refractivity contribution in [3.63, 3.8) is 0 Å². The molecule has 0 saturated carbocycles. The average molecular weight is 317 g/mol. The lowest BCUT2D eigenvalue weighted by atomic mass is 9.99. The van der Waals surface area contributed by atoms with Gasteiger partial charge in [-0.15, -0.1) is 0 Å². The largest absolute Gasteiger partial charge is 0.484 e. The van der Waals surface area contributed by atoms with Crippen LogP contribution in [0.1, 0.15) is 31.7 Å². The number of H-pyrrole nitrogens is 2. The second kappa shape index (κ2) is 7.44. The zero-order valence-electron chi connectivity index (χ0n) is 13.0. The molecule has 0 spiro atoms. The highest BCUT2D eigenvalue weighted by atomic mass is 16.5. The summed E-state index contributed by atoms with van der Waals surface area (Å²) in [6.45, 7) is 4.03. The summed E-state index contributed by atoms with van der Waals surface area (Å²) in [6.07, 6.45) is 2.19. The molecule has 2 rings (SSSR count). The molecule has 1 unspecified atom stereocenters. The number of aromatic amines is 2. The first-order chi connectivity index (χ1) is 11.0. The van der Waals surface area contributed by atoms with E-state index in [2.05, 4.69) is 24.1 Å². The molecule has 1 aromatic heterocycles. The van der Waals surface area contributed by atoms with Gasteiger partial charge in [0.05, 0.1) is 0 Å². The van der Waals surface area contributed by atoms with Gasteiger partial charge in [-0.25, -0.2) is 4.79 Å². The summed E-state index contributed by atoms with van der Waals surface area (Å²) in [5.41, 5.74) is -0.125. The molecule has 1 amide bonds. The summed E-state index contributed by atoms with van der Waals surface area (Å²) in [5.74, 6) is 0.551. The van der Waals surface area contributed by atoms with Crippen LogP contribution in [0.15, 0.2) is 40.1 Å². The number of rotatable bonds is 6. The third-order valence-corrected chi connectivity index (χ3v) is 3.52. The van der Waals surface area contributed by atoms with Gasteiger partial charge < -0.3 is 15.0 Å². The van der Waals surface area contributed by atoms with Gasteiger partial charge in [-0.2, -0.15) is 0 Å². The molecule has 0 fully saturated rings. The molecule has 122 valence electrons. The van der Waals surface area contributed by atoms with Gasteiger partial charge in [0.25, 0.3) is 11.5 Å². The van der Waals surface area contributed by atoms with E-state index in [1.165, 1.54) is 5.56 Å². The molecule has 0 bridgehead atoms. The van der Waals surface area contributed by atoms with Gasteiger partial charge >= 0.3 is 5.69 Å². The van der Waals surface area contributed by atoms with Crippen molar-refractivity contribution in [2.75, 3.05) is 11.9 Å². The van der Waals surface area contributed by atoms with E-state index in [1.807, 2.05) is 29.2 Å². The van der Waals surface area contributed by atoms with Crippen LogP contribution in [0.3, 0.4) is 0 Å². The Bertz CT molecular complexity index is 777. The summed E-state index contributed by atoms with van der Waals surface area (Å²) >= 11 is 0. The minimum atomic E-state index is -0.667. The standard InChI is InChI=1S/C16H19N3O4/c1-3-10(2)11-4-6-12(7-5-11)23-9-14(20)18-13-8-17-16(22)19-15(13)21/h4-8,10H,3,9H2,1-2H3,(H,18,20)(H2,17,19,21,22). The second-order valence-corrected chi connectivity index (χ2v) is 5.20. The van der Waals surface area contributed by atoms with Crippen molar-refractivity contribution in [1.82, 2.24) is 9.97 Å². The van der Waals surface area contributed by atoms with Crippen LogP contribution in [0.25, 0.3) is 0 Å². The Hall–Kier alpha value is -2.83. The number of aromatic nitrogens is 2. The zero-order valence-corrected chi connectivity index (χ0v) is 13.0. The predicted molar refractivity (Wildman–Crippen MR) is 87.0 cm³/mol. The fourth-order valence-electron chi connectivity index (χ4n) is 1.97. The van der Waals surface area contributed by atoms with Crippen LogP contribution in [-0.2, 0) is 4.79 Å². The number of amides is 1. The molecule has 1 heterocycles. The minimum Gasteiger partial charge on any atom is -0.484 e. The molecule has 3 N–H and O–H groups in total. The van der Waals surface area contributed by atoms with E-state index in [9.17, 15) is 14.4 Å². The summed E-state index contributed by atoms with van der Waals surface area (Å²) < 4.78 is 5.38. The monoisotopic (exact) mass is 317 g/mol. The highest BCUT2D eigenvalue weighted by molar-refractivity contribution is 5.91. The molecular formula is C16H19N3O4. The van der Waals surface area contributed by atoms with Crippen LogP contribution in [0, 0.1) is 0 Å². The van der Waals surface area contributed by atoms with E-state index < -0.39 is 17.2 Å². The highest BCUT2D eigenvalue weighted by Crippen LogP contribution is 2.21.